The molecule has 2 fully saturated rings. The van der Waals surface area contributed by atoms with E-state index in [0.29, 0.717) is 31.7 Å². The van der Waals surface area contributed by atoms with Crippen LogP contribution in [0.2, 0.25) is 0 Å². The molecule has 2 aliphatic heterocycles. The first kappa shape index (κ1) is 31.1. The Hall–Kier alpha value is -4.89. The van der Waals surface area contributed by atoms with Crippen LogP contribution in [0.3, 0.4) is 0 Å². The van der Waals surface area contributed by atoms with Gasteiger partial charge < -0.3 is 19.1 Å². The number of hydrogen-bond donors (Lipinski definition) is 0. The number of hydrogen-bond acceptors (Lipinski definition) is 5. The van der Waals surface area contributed by atoms with Gasteiger partial charge in [-0.3, -0.25) is 14.4 Å². The fraction of sp³-hybridized carbons (Fsp3) is 0.324. The standard InChI is InChI=1S/C37H41N5O4/c1-5-20-40-25-35(44)41-32(21-28-14-17-30(46-4)18-15-28)37(45)39(23-29-12-9-13-31-26(2)22-38(3)36(29)31)24-33(41)42(40)34(43)19-16-27-10-7-6-8-11-27/h5-15,17-18,22,32-33H,1,16,19-21,23-25H2,2-4H3. The lowest BCUT2D eigenvalue weighted by Gasteiger charge is -2.55. The molecule has 1 aromatic heterocycles. The number of aromatic nitrogens is 1. The second kappa shape index (κ2) is 13.2. The van der Waals surface area contributed by atoms with Gasteiger partial charge >= 0.3 is 0 Å². The minimum Gasteiger partial charge on any atom is -0.497 e. The first-order valence-electron chi connectivity index (χ1n) is 15.8. The molecule has 0 spiro atoms. The Bertz CT molecular complexity index is 1750. The van der Waals surface area contributed by atoms with Gasteiger partial charge in [0.25, 0.3) is 0 Å². The number of carbonyl (C=O) groups is 3. The first-order valence-corrected chi connectivity index (χ1v) is 15.8. The van der Waals surface area contributed by atoms with Gasteiger partial charge in [0.2, 0.25) is 17.7 Å². The Morgan fingerprint density at radius 3 is 2.48 bits per heavy atom. The summed E-state index contributed by atoms with van der Waals surface area (Å²) in [4.78, 5) is 46.0. The predicted octanol–water partition coefficient (Wildman–Crippen LogP) is 4.48. The predicted molar refractivity (Wildman–Crippen MR) is 178 cm³/mol. The maximum Gasteiger partial charge on any atom is 0.246 e. The minimum atomic E-state index is -0.774. The van der Waals surface area contributed by atoms with Gasteiger partial charge in [0.15, 0.2) is 0 Å². The molecule has 0 bridgehead atoms. The molecule has 2 aliphatic rings. The van der Waals surface area contributed by atoms with Crippen molar-refractivity contribution in [3.63, 3.8) is 0 Å². The highest BCUT2D eigenvalue weighted by Gasteiger charge is 2.51. The van der Waals surface area contributed by atoms with Crippen LogP contribution in [0.5, 0.6) is 5.75 Å². The van der Waals surface area contributed by atoms with E-state index in [9.17, 15) is 14.4 Å². The van der Waals surface area contributed by atoms with E-state index < -0.39 is 12.2 Å². The van der Waals surface area contributed by atoms with Crippen LogP contribution in [0.15, 0.2) is 91.6 Å². The van der Waals surface area contributed by atoms with Gasteiger partial charge in [-0.2, -0.15) is 0 Å². The van der Waals surface area contributed by atoms with Gasteiger partial charge in [-0.1, -0.05) is 66.7 Å². The molecular weight excluding hydrogens is 578 g/mol. The second-order valence-corrected chi connectivity index (χ2v) is 12.2. The van der Waals surface area contributed by atoms with E-state index in [4.69, 9.17) is 4.74 Å². The van der Waals surface area contributed by atoms with Crippen LogP contribution in [0.25, 0.3) is 10.9 Å². The fourth-order valence-corrected chi connectivity index (χ4v) is 6.98. The molecule has 0 radical (unpaired) electrons. The largest absolute Gasteiger partial charge is 0.497 e. The van der Waals surface area contributed by atoms with Crippen molar-refractivity contribution < 1.29 is 19.1 Å². The molecular formula is C37H41N5O4. The Labute approximate surface area is 270 Å². The average molecular weight is 620 g/mol. The number of piperazine rings is 1. The Balaban J connectivity index is 1.38. The molecule has 6 rings (SSSR count). The second-order valence-electron chi connectivity index (χ2n) is 12.2. The number of methoxy groups -OCH3 is 1. The fourth-order valence-electron chi connectivity index (χ4n) is 6.98. The maximum absolute atomic E-state index is 14.4. The Kier molecular flexibility index (Phi) is 8.94. The molecule has 0 aliphatic carbocycles. The number of nitrogens with zero attached hydrogens (tertiary/aromatic N) is 5. The van der Waals surface area contributed by atoms with Crippen molar-refractivity contribution in [1.29, 1.82) is 0 Å². The summed E-state index contributed by atoms with van der Waals surface area (Å²) in [5.74, 6) is 0.321. The van der Waals surface area contributed by atoms with Crippen molar-refractivity contribution in [3.05, 3.63) is 114 Å². The van der Waals surface area contributed by atoms with Crippen LogP contribution in [-0.2, 0) is 40.8 Å². The summed E-state index contributed by atoms with van der Waals surface area (Å²) in [5.41, 5.74) is 5.24. The summed E-state index contributed by atoms with van der Waals surface area (Å²) in [6.45, 7) is 6.88. The van der Waals surface area contributed by atoms with E-state index in [-0.39, 0.29) is 37.2 Å². The van der Waals surface area contributed by atoms with Crippen LogP contribution in [-0.4, -0.2) is 81.1 Å². The number of benzene rings is 3. The van der Waals surface area contributed by atoms with E-state index in [1.807, 2.05) is 72.6 Å². The molecule has 3 aromatic carbocycles. The lowest BCUT2D eigenvalue weighted by molar-refractivity contribution is -0.205. The van der Waals surface area contributed by atoms with Gasteiger partial charge in [0, 0.05) is 44.6 Å². The first-order chi connectivity index (χ1) is 22.3. The van der Waals surface area contributed by atoms with E-state index in [0.717, 1.165) is 27.6 Å². The minimum absolute atomic E-state index is 0.00603. The highest BCUT2D eigenvalue weighted by Crippen LogP contribution is 2.32. The smallest absolute Gasteiger partial charge is 0.246 e. The van der Waals surface area contributed by atoms with Crippen molar-refractivity contribution in [2.45, 2.75) is 44.9 Å². The van der Waals surface area contributed by atoms with Crippen molar-refractivity contribution in [1.82, 2.24) is 24.4 Å². The molecule has 9 heteroatoms. The Morgan fingerprint density at radius 1 is 1.00 bits per heavy atom. The van der Waals surface area contributed by atoms with E-state index in [2.05, 4.69) is 36.4 Å². The van der Waals surface area contributed by atoms with Crippen molar-refractivity contribution in [2.75, 3.05) is 26.7 Å². The van der Waals surface area contributed by atoms with E-state index in [1.165, 1.54) is 5.56 Å². The van der Waals surface area contributed by atoms with Gasteiger partial charge in [0.1, 0.15) is 18.0 Å². The molecule has 2 unspecified atom stereocenters. The van der Waals surface area contributed by atoms with Crippen LogP contribution in [0.4, 0.5) is 0 Å². The number of hydrazine groups is 1. The van der Waals surface area contributed by atoms with Crippen molar-refractivity contribution in [3.8, 4) is 5.75 Å². The molecule has 0 N–H and O–H groups in total. The zero-order valence-electron chi connectivity index (χ0n) is 26.8. The molecule has 4 aromatic rings. The quantitative estimate of drug-likeness (QED) is 0.245. The third kappa shape index (κ3) is 6.02. The summed E-state index contributed by atoms with van der Waals surface area (Å²) >= 11 is 0. The van der Waals surface area contributed by atoms with Gasteiger partial charge in [-0.15, -0.1) is 6.58 Å². The average Bonchev–Trinajstić information content (AvgIpc) is 3.36. The SMILES string of the molecule is C=CCN1CC(=O)N2C(Cc3ccc(OC)cc3)C(=O)N(Cc3cccc4c(C)cn(C)c34)CC2N1C(=O)CCc1ccccc1. The van der Waals surface area contributed by atoms with Gasteiger partial charge in [0.05, 0.1) is 25.7 Å². The molecule has 3 amide bonds. The van der Waals surface area contributed by atoms with Crippen molar-refractivity contribution in [2.24, 2.45) is 7.05 Å². The lowest BCUT2D eigenvalue weighted by atomic mass is 9.97. The van der Waals surface area contributed by atoms with Crippen LogP contribution in [0.1, 0.15) is 28.7 Å². The highest BCUT2D eigenvalue weighted by molar-refractivity contribution is 5.92. The molecule has 3 heterocycles. The van der Waals surface area contributed by atoms with Crippen LogP contribution < -0.4 is 4.74 Å². The number of carbonyl (C=O) groups excluding carboxylic acids is 3. The topological polar surface area (TPSA) is 78.3 Å². The van der Waals surface area contributed by atoms with E-state index >= 15 is 0 Å². The number of fused-ring (bicyclic) bond motifs is 2. The third-order valence-corrected chi connectivity index (χ3v) is 9.13. The maximum atomic E-state index is 14.4. The normalized spacial score (nSPS) is 18.6. The number of rotatable bonds is 10. The van der Waals surface area contributed by atoms with Crippen LogP contribution in [0, 0.1) is 6.92 Å². The zero-order valence-corrected chi connectivity index (χ0v) is 26.8. The van der Waals surface area contributed by atoms with Gasteiger partial charge in [-0.25, -0.2) is 10.0 Å². The third-order valence-electron chi connectivity index (χ3n) is 9.13. The summed E-state index contributed by atoms with van der Waals surface area (Å²) in [7, 11) is 3.63. The highest BCUT2D eigenvalue weighted by atomic mass is 16.5. The molecule has 9 nitrogen and oxygen atoms in total. The molecule has 2 atom stereocenters. The Morgan fingerprint density at radius 2 is 1.76 bits per heavy atom. The molecule has 238 valence electrons. The number of amides is 3. The van der Waals surface area contributed by atoms with Crippen molar-refractivity contribution >= 4 is 28.6 Å². The lowest BCUT2D eigenvalue weighted by Crippen LogP contribution is -2.75. The molecule has 46 heavy (non-hydrogen) atoms. The number of ether oxygens (including phenoxy) is 1. The molecule has 0 saturated carbocycles. The summed E-state index contributed by atoms with van der Waals surface area (Å²) in [6.07, 6.45) is 4.32. The summed E-state index contributed by atoms with van der Waals surface area (Å²) in [6, 6.07) is 22.9. The van der Waals surface area contributed by atoms with Crippen LogP contribution >= 0.6 is 0 Å². The number of aryl methyl sites for hydroxylation is 3. The number of para-hydroxylation sites is 1. The summed E-state index contributed by atoms with van der Waals surface area (Å²) in [5, 5.41) is 4.65. The van der Waals surface area contributed by atoms with Gasteiger partial charge in [-0.05, 0) is 47.7 Å². The summed E-state index contributed by atoms with van der Waals surface area (Å²) < 4.78 is 7.45. The monoisotopic (exact) mass is 619 g/mol. The molecule has 2 saturated heterocycles. The van der Waals surface area contributed by atoms with E-state index in [1.54, 1.807) is 28.1 Å². The zero-order chi connectivity index (χ0) is 32.4.